The molecule has 2 amide bonds. The standard InChI is InChI=1S/C14H23N3O2/c1-11-6-7-12(19-5)10-13(11)15-14(18)17(4)9-8-16(2)3/h6-7,10H,8-9H2,1-5H3,(H,15,18). The van der Waals surface area contributed by atoms with E-state index in [0.29, 0.717) is 6.54 Å². The van der Waals surface area contributed by atoms with Crippen LogP contribution in [0.5, 0.6) is 5.75 Å². The lowest BCUT2D eigenvalue weighted by atomic mass is 10.2. The molecule has 0 fully saturated rings. The maximum Gasteiger partial charge on any atom is 0.321 e. The Balaban J connectivity index is 2.65. The topological polar surface area (TPSA) is 44.8 Å². The highest BCUT2D eigenvalue weighted by Crippen LogP contribution is 2.21. The van der Waals surface area contributed by atoms with Crippen LogP contribution in [-0.2, 0) is 0 Å². The number of benzene rings is 1. The van der Waals surface area contributed by atoms with E-state index in [-0.39, 0.29) is 6.03 Å². The number of likely N-dealkylation sites (N-methyl/N-ethyl adjacent to an activating group) is 2. The van der Waals surface area contributed by atoms with E-state index in [0.717, 1.165) is 23.5 Å². The maximum absolute atomic E-state index is 12.0. The minimum absolute atomic E-state index is 0.113. The molecule has 5 heteroatoms. The Morgan fingerprint density at radius 3 is 2.53 bits per heavy atom. The summed E-state index contributed by atoms with van der Waals surface area (Å²) in [5.41, 5.74) is 1.79. The summed E-state index contributed by atoms with van der Waals surface area (Å²) in [5, 5.41) is 2.90. The van der Waals surface area contributed by atoms with E-state index in [4.69, 9.17) is 4.74 Å². The molecule has 1 N–H and O–H groups in total. The molecule has 0 aromatic heterocycles. The molecule has 0 saturated carbocycles. The fourth-order valence-electron chi connectivity index (χ4n) is 1.52. The summed E-state index contributed by atoms with van der Waals surface area (Å²) in [4.78, 5) is 15.7. The van der Waals surface area contributed by atoms with Crippen molar-refractivity contribution in [2.24, 2.45) is 0 Å². The largest absolute Gasteiger partial charge is 0.497 e. The third kappa shape index (κ3) is 4.79. The number of nitrogens with zero attached hydrogens (tertiary/aromatic N) is 2. The first kappa shape index (κ1) is 15.3. The zero-order valence-corrected chi connectivity index (χ0v) is 12.4. The fraction of sp³-hybridized carbons (Fsp3) is 0.500. The molecule has 0 spiro atoms. The number of methoxy groups -OCH3 is 1. The third-order valence-electron chi connectivity index (χ3n) is 2.92. The van der Waals surface area contributed by atoms with Gasteiger partial charge < -0.3 is 19.9 Å². The average Bonchev–Trinajstić information content (AvgIpc) is 2.38. The van der Waals surface area contributed by atoms with E-state index >= 15 is 0 Å². The van der Waals surface area contributed by atoms with Crippen LogP contribution in [0.1, 0.15) is 5.56 Å². The van der Waals surface area contributed by atoms with Crippen molar-refractivity contribution >= 4 is 11.7 Å². The van der Waals surface area contributed by atoms with Gasteiger partial charge in [0.2, 0.25) is 0 Å². The van der Waals surface area contributed by atoms with Gasteiger partial charge in [-0.25, -0.2) is 4.79 Å². The normalized spacial score (nSPS) is 10.4. The summed E-state index contributed by atoms with van der Waals surface area (Å²) in [6, 6.07) is 5.51. The molecule has 0 unspecified atom stereocenters. The molecule has 0 bridgehead atoms. The quantitative estimate of drug-likeness (QED) is 0.886. The van der Waals surface area contributed by atoms with Gasteiger partial charge in [0, 0.05) is 31.9 Å². The van der Waals surface area contributed by atoms with Gasteiger partial charge in [0.1, 0.15) is 5.75 Å². The Hall–Kier alpha value is -1.75. The molecular formula is C14H23N3O2. The third-order valence-corrected chi connectivity index (χ3v) is 2.92. The van der Waals surface area contributed by atoms with Crippen molar-refractivity contribution in [2.75, 3.05) is 46.7 Å². The van der Waals surface area contributed by atoms with Gasteiger partial charge >= 0.3 is 6.03 Å². The van der Waals surface area contributed by atoms with Crippen LogP contribution >= 0.6 is 0 Å². The number of carbonyl (C=O) groups excluding carboxylic acids is 1. The molecule has 0 atom stereocenters. The molecular weight excluding hydrogens is 242 g/mol. The number of urea groups is 1. The maximum atomic E-state index is 12.0. The highest BCUT2D eigenvalue weighted by molar-refractivity contribution is 5.90. The zero-order valence-electron chi connectivity index (χ0n) is 12.4. The zero-order chi connectivity index (χ0) is 14.4. The van der Waals surface area contributed by atoms with Gasteiger partial charge in [0.25, 0.3) is 0 Å². The van der Waals surface area contributed by atoms with E-state index < -0.39 is 0 Å². The van der Waals surface area contributed by atoms with Gasteiger partial charge in [-0.2, -0.15) is 0 Å². The van der Waals surface area contributed by atoms with E-state index in [2.05, 4.69) is 5.32 Å². The van der Waals surface area contributed by atoms with Crippen LogP contribution in [0.2, 0.25) is 0 Å². The predicted molar refractivity (Wildman–Crippen MR) is 77.9 cm³/mol. The molecule has 1 rings (SSSR count). The lowest BCUT2D eigenvalue weighted by Gasteiger charge is -2.21. The van der Waals surface area contributed by atoms with Gasteiger partial charge in [-0.15, -0.1) is 0 Å². The first-order valence-electron chi connectivity index (χ1n) is 6.25. The van der Waals surface area contributed by atoms with Gasteiger partial charge in [-0.05, 0) is 32.6 Å². The van der Waals surface area contributed by atoms with Crippen molar-refractivity contribution in [3.8, 4) is 5.75 Å². The van der Waals surface area contributed by atoms with E-state index in [1.165, 1.54) is 0 Å². The van der Waals surface area contributed by atoms with Crippen LogP contribution in [0.4, 0.5) is 10.5 Å². The number of anilines is 1. The lowest BCUT2D eigenvalue weighted by Crippen LogP contribution is -2.36. The minimum Gasteiger partial charge on any atom is -0.497 e. The van der Waals surface area contributed by atoms with Crippen LogP contribution in [-0.4, -0.2) is 57.2 Å². The summed E-state index contributed by atoms with van der Waals surface area (Å²) in [6.45, 7) is 3.47. The van der Waals surface area contributed by atoms with Crippen molar-refractivity contribution in [1.82, 2.24) is 9.80 Å². The number of rotatable bonds is 5. The van der Waals surface area contributed by atoms with Crippen LogP contribution in [0, 0.1) is 6.92 Å². The molecule has 1 aromatic carbocycles. The monoisotopic (exact) mass is 265 g/mol. The molecule has 0 aliphatic carbocycles. The number of amides is 2. The first-order valence-corrected chi connectivity index (χ1v) is 6.25. The number of ether oxygens (including phenoxy) is 1. The predicted octanol–water partition coefficient (Wildman–Crippen LogP) is 2.03. The summed E-state index contributed by atoms with van der Waals surface area (Å²) in [5.74, 6) is 0.733. The molecule has 19 heavy (non-hydrogen) atoms. The van der Waals surface area contributed by atoms with Crippen molar-refractivity contribution in [2.45, 2.75) is 6.92 Å². The van der Waals surface area contributed by atoms with Gasteiger partial charge in [-0.3, -0.25) is 0 Å². The molecule has 1 aromatic rings. The number of hydrogen-bond acceptors (Lipinski definition) is 3. The van der Waals surface area contributed by atoms with Crippen LogP contribution < -0.4 is 10.1 Å². The number of aryl methyl sites for hydroxylation is 1. The van der Waals surface area contributed by atoms with Gasteiger partial charge in [0.05, 0.1) is 7.11 Å². The van der Waals surface area contributed by atoms with E-state index in [1.54, 1.807) is 19.1 Å². The summed E-state index contributed by atoms with van der Waals surface area (Å²) in [6.07, 6.45) is 0. The lowest BCUT2D eigenvalue weighted by molar-refractivity contribution is 0.217. The molecule has 106 valence electrons. The van der Waals surface area contributed by atoms with Crippen molar-refractivity contribution in [1.29, 1.82) is 0 Å². The second kappa shape index (κ2) is 6.99. The molecule has 0 saturated heterocycles. The van der Waals surface area contributed by atoms with E-state index in [9.17, 15) is 4.79 Å². The van der Waals surface area contributed by atoms with Crippen molar-refractivity contribution in [3.63, 3.8) is 0 Å². The number of hydrogen-bond donors (Lipinski definition) is 1. The Kier molecular flexibility index (Phi) is 5.63. The van der Waals surface area contributed by atoms with Gasteiger partial charge in [-0.1, -0.05) is 6.07 Å². The first-order chi connectivity index (χ1) is 8.93. The fourth-order valence-corrected chi connectivity index (χ4v) is 1.52. The Labute approximate surface area is 115 Å². The Morgan fingerprint density at radius 2 is 1.95 bits per heavy atom. The van der Waals surface area contributed by atoms with Gasteiger partial charge in [0.15, 0.2) is 0 Å². The molecule has 0 aliphatic rings. The Bertz CT molecular complexity index is 433. The van der Waals surface area contributed by atoms with Crippen LogP contribution in [0.3, 0.4) is 0 Å². The highest BCUT2D eigenvalue weighted by Gasteiger charge is 2.10. The second-order valence-electron chi connectivity index (χ2n) is 4.84. The number of carbonyl (C=O) groups is 1. The molecule has 0 heterocycles. The summed E-state index contributed by atoms with van der Waals surface area (Å²) in [7, 11) is 7.36. The van der Waals surface area contributed by atoms with E-state index in [1.807, 2.05) is 44.1 Å². The number of nitrogens with one attached hydrogen (secondary N) is 1. The molecule has 0 aliphatic heterocycles. The van der Waals surface area contributed by atoms with Crippen molar-refractivity contribution in [3.05, 3.63) is 23.8 Å². The highest BCUT2D eigenvalue weighted by atomic mass is 16.5. The SMILES string of the molecule is COc1ccc(C)c(NC(=O)N(C)CCN(C)C)c1. The molecule has 5 nitrogen and oxygen atoms in total. The summed E-state index contributed by atoms with van der Waals surface area (Å²) >= 11 is 0. The minimum atomic E-state index is -0.113. The summed E-state index contributed by atoms with van der Waals surface area (Å²) < 4.78 is 5.16. The second-order valence-corrected chi connectivity index (χ2v) is 4.84. The van der Waals surface area contributed by atoms with Crippen LogP contribution in [0.15, 0.2) is 18.2 Å². The smallest absolute Gasteiger partial charge is 0.321 e. The average molecular weight is 265 g/mol. The Morgan fingerprint density at radius 1 is 1.26 bits per heavy atom. The van der Waals surface area contributed by atoms with Crippen LogP contribution in [0.25, 0.3) is 0 Å². The molecule has 0 radical (unpaired) electrons. The van der Waals surface area contributed by atoms with Crippen molar-refractivity contribution < 1.29 is 9.53 Å².